The van der Waals surface area contributed by atoms with Gasteiger partial charge in [-0.05, 0) is 0 Å². The maximum absolute atomic E-state index is 12.3. The van der Waals surface area contributed by atoms with Gasteiger partial charge < -0.3 is 0 Å². The fourth-order valence-corrected chi connectivity index (χ4v) is 16.9. The van der Waals surface area contributed by atoms with Crippen molar-refractivity contribution >= 4 is 24.2 Å². The van der Waals surface area contributed by atoms with Gasteiger partial charge in [0.25, 0.3) is 0 Å². The third kappa shape index (κ3) is 4.43. The average Bonchev–Trinajstić information content (AvgIpc) is 2.25. The molecule has 1 aromatic carbocycles. The van der Waals surface area contributed by atoms with E-state index < -0.39 is 13.6 Å². The summed E-state index contributed by atoms with van der Waals surface area (Å²) >= 11 is 9.91. The summed E-state index contributed by atoms with van der Waals surface area (Å²) in [7, 11) is -2.37. The average molecular weight is 462 g/mol. The Morgan fingerprint density at radius 3 is 1.61 bits per heavy atom. The molecule has 1 aromatic rings. The van der Waals surface area contributed by atoms with Gasteiger partial charge in [-0.15, -0.1) is 0 Å². The van der Waals surface area contributed by atoms with Gasteiger partial charge in [-0.2, -0.15) is 0 Å². The van der Waals surface area contributed by atoms with Crippen molar-refractivity contribution < 1.29 is 37.1 Å². The van der Waals surface area contributed by atoms with Crippen LogP contribution in [0, 0.1) is 0 Å². The van der Waals surface area contributed by atoms with E-state index in [9.17, 15) is 13.2 Å². The van der Waals surface area contributed by atoms with Gasteiger partial charge in [0.2, 0.25) is 0 Å². The molecule has 0 bridgehead atoms. The Kier molecular flexibility index (Phi) is 6.31. The van der Waals surface area contributed by atoms with E-state index in [1.54, 1.807) is 12.1 Å². The summed E-state index contributed by atoms with van der Waals surface area (Å²) in [6.07, 6.45) is -4.68. The first-order valence-electron chi connectivity index (χ1n) is 7.24. The van der Waals surface area contributed by atoms with E-state index in [0.717, 1.165) is 5.30 Å². The van der Waals surface area contributed by atoms with E-state index in [4.69, 9.17) is 11.6 Å². The van der Waals surface area contributed by atoms with Gasteiger partial charge in [0.05, 0.1) is 0 Å². The molecule has 0 aliphatic heterocycles. The van der Waals surface area contributed by atoms with Gasteiger partial charge in [0, 0.05) is 0 Å². The maximum atomic E-state index is 12.3. The fraction of sp³-hybridized carbons (Fsp3) is 0.625. The quantitative estimate of drug-likeness (QED) is 0.322. The van der Waals surface area contributed by atoms with Crippen molar-refractivity contribution in [2.75, 3.05) is 0 Å². The molecule has 0 aliphatic carbocycles. The number of halogens is 4. The van der Waals surface area contributed by atoms with Crippen molar-refractivity contribution in [2.45, 2.75) is 61.8 Å². The topological polar surface area (TPSA) is 9.23 Å². The summed E-state index contributed by atoms with van der Waals surface area (Å²) in [5, 5.41) is 0.825. The third-order valence-electron chi connectivity index (χ3n) is 4.21. The Hall–Kier alpha value is 0.192. The Morgan fingerprint density at radius 2 is 1.35 bits per heavy atom. The zero-order chi connectivity index (χ0) is 18.3. The van der Waals surface area contributed by atoms with E-state index in [-0.39, 0.29) is 19.7 Å². The van der Waals surface area contributed by atoms with Gasteiger partial charge in [0.1, 0.15) is 0 Å². The normalized spacial score (nSPS) is 16.2. The second kappa shape index (κ2) is 6.83. The Morgan fingerprint density at radius 1 is 0.957 bits per heavy atom. The predicted octanol–water partition coefficient (Wildman–Crippen LogP) is 5.63. The molecule has 0 spiro atoms. The molecule has 0 N–H and O–H groups in total. The molecule has 0 fully saturated rings. The molecule has 0 aliphatic rings. The minimum absolute atomic E-state index is 0.0942. The molecular weight excluding hydrogens is 438 g/mol. The van der Waals surface area contributed by atoms with E-state index in [1.807, 2.05) is 0 Å². The van der Waals surface area contributed by atoms with Crippen LogP contribution in [0.4, 0.5) is 13.2 Å². The van der Waals surface area contributed by atoms with Crippen molar-refractivity contribution in [2.24, 2.45) is 0 Å². The number of ether oxygens (including phenoxy) is 1. The van der Waals surface area contributed by atoms with Crippen LogP contribution in [0.1, 0.15) is 41.5 Å². The number of alkyl halides is 4. The molecule has 0 aromatic heterocycles. The molecular formula is C16H24ClF3OPPd. The molecule has 7 heteroatoms. The molecule has 137 valence electrons. The molecule has 0 heterocycles. The number of rotatable bonds is 3. The summed E-state index contributed by atoms with van der Waals surface area (Å²) in [5.41, 5.74) is 0. The summed E-state index contributed by atoms with van der Waals surface area (Å²) < 4.78 is 40.8. The van der Waals surface area contributed by atoms with Crippen LogP contribution in [-0.4, -0.2) is 20.3 Å². The molecule has 23 heavy (non-hydrogen) atoms. The second-order valence-electron chi connectivity index (χ2n) is 7.65. The van der Waals surface area contributed by atoms with Crippen molar-refractivity contribution in [1.29, 1.82) is 0 Å². The fourth-order valence-electron chi connectivity index (χ4n) is 3.63. The van der Waals surface area contributed by atoms with Crippen LogP contribution in [-0.2, 0) is 19.2 Å². The number of benzene rings is 1. The molecule has 1 rings (SSSR count). The van der Waals surface area contributed by atoms with Gasteiger partial charge in [-0.3, -0.25) is 0 Å². The van der Waals surface area contributed by atoms with Gasteiger partial charge in [0.15, 0.2) is 0 Å². The molecule has 1 atom stereocenters. The van der Waals surface area contributed by atoms with Crippen LogP contribution in [0.2, 0.25) is 0 Å². The van der Waals surface area contributed by atoms with Crippen LogP contribution in [0.5, 0.6) is 5.75 Å². The third-order valence-corrected chi connectivity index (χ3v) is 13.8. The molecule has 1 unspecified atom stereocenters. The molecule has 0 saturated carbocycles. The van der Waals surface area contributed by atoms with E-state index in [2.05, 4.69) is 65.5 Å². The van der Waals surface area contributed by atoms with Gasteiger partial charge in [-0.25, -0.2) is 0 Å². The van der Waals surface area contributed by atoms with E-state index in [0.29, 0.717) is 0 Å². The summed E-state index contributed by atoms with van der Waals surface area (Å²) in [6, 6.07) is 6.20. The van der Waals surface area contributed by atoms with Crippen LogP contribution in [0.3, 0.4) is 0 Å². The minimum atomic E-state index is -4.68. The monoisotopic (exact) mass is 461 g/mol. The summed E-state index contributed by atoms with van der Waals surface area (Å²) in [5.74, 6) is -0.212. The van der Waals surface area contributed by atoms with Crippen LogP contribution in [0.15, 0.2) is 24.3 Å². The Bertz CT molecular complexity index is 516. The Balaban J connectivity index is 3.46. The van der Waals surface area contributed by atoms with Crippen molar-refractivity contribution in [3.8, 4) is 5.75 Å². The van der Waals surface area contributed by atoms with Crippen molar-refractivity contribution in [3.05, 3.63) is 24.3 Å². The first-order valence-corrected chi connectivity index (χ1v) is 10.6. The first-order chi connectivity index (χ1) is 10.1. The molecule has 0 saturated heterocycles. The second-order valence-corrected chi connectivity index (χ2v) is 16.4. The van der Waals surface area contributed by atoms with Crippen LogP contribution < -0.4 is 10.0 Å². The van der Waals surface area contributed by atoms with Crippen molar-refractivity contribution in [1.82, 2.24) is 0 Å². The van der Waals surface area contributed by atoms with Gasteiger partial charge in [-0.1, -0.05) is 0 Å². The van der Waals surface area contributed by atoms with E-state index in [1.165, 1.54) is 12.1 Å². The van der Waals surface area contributed by atoms with Crippen LogP contribution >= 0.6 is 18.9 Å². The SMILES string of the molecule is CC(C)(C)[PH](c1ccc(OC(F)(F)F)cc1)([CH](Cl)[Pd])C(C)(C)C. The molecule has 1 nitrogen and oxygen atoms in total. The number of hydrogen-bond donors (Lipinski definition) is 0. The zero-order valence-electron chi connectivity index (χ0n) is 14.1. The predicted molar refractivity (Wildman–Crippen MR) is 90.2 cm³/mol. The van der Waals surface area contributed by atoms with E-state index >= 15 is 0 Å². The standard InChI is InChI=1S/C16H24ClF3OP.Pd/c1-14(2,3)22(11-17,15(4,5)6)13-9-7-12(8-10-13)21-16(18,19)20;/h7-11,22H,1-6H3;. The number of hydrogen-bond acceptors (Lipinski definition) is 1. The Labute approximate surface area is 153 Å². The van der Waals surface area contributed by atoms with Gasteiger partial charge >= 0.3 is 153 Å². The van der Waals surface area contributed by atoms with Crippen molar-refractivity contribution in [3.63, 3.8) is 0 Å². The summed E-state index contributed by atoms with van der Waals surface area (Å²) in [6.45, 7) is 12.9. The molecule has 0 amide bonds. The first kappa shape index (κ1) is 21.2. The summed E-state index contributed by atoms with van der Waals surface area (Å²) in [4.78, 5) is 0. The molecule has 0 radical (unpaired) electrons. The van der Waals surface area contributed by atoms with Crippen LogP contribution in [0.25, 0.3) is 0 Å². The zero-order valence-corrected chi connectivity index (χ0v) is 17.4.